The number of piperazine rings is 1. The van der Waals surface area contributed by atoms with Crippen LogP contribution in [0, 0.1) is 5.92 Å². The van der Waals surface area contributed by atoms with Crippen molar-refractivity contribution in [2.24, 2.45) is 5.92 Å². The molecule has 4 aromatic heterocycles. The van der Waals surface area contributed by atoms with Gasteiger partial charge >= 0.3 is 0 Å². The summed E-state index contributed by atoms with van der Waals surface area (Å²) < 4.78 is 43.2. The molecule has 8 heterocycles. The molecule has 320 valence electrons. The van der Waals surface area contributed by atoms with Crippen LogP contribution in [0.3, 0.4) is 0 Å². The van der Waals surface area contributed by atoms with Gasteiger partial charge in [0.1, 0.15) is 11.4 Å². The summed E-state index contributed by atoms with van der Waals surface area (Å²) in [5.74, 6) is -0.666. The van der Waals surface area contributed by atoms with E-state index in [1.165, 1.54) is 23.2 Å². The molecule has 17 nitrogen and oxygen atoms in total. The zero-order chi connectivity index (χ0) is 41.8. The van der Waals surface area contributed by atoms with Crippen molar-refractivity contribution in [3.05, 3.63) is 65.9 Å². The average molecular weight is 840 g/mol. The first-order valence-electron chi connectivity index (χ1n) is 21.1. The first-order chi connectivity index (χ1) is 29.6. The first-order valence-corrected chi connectivity index (χ1v) is 21.1. The van der Waals surface area contributed by atoms with Crippen molar-refractivity contribution in [3.8, 4) is 0 Å². The molecule has 5 fully saturated rings. The van der Waals surface area contributed by atoms with E-state index in [1.54, 1.807) is 16.9 Å². The monoisotopic (exact) mass is 839 g/mol. The molecule has 10 rings (SSSR count). The molecule has 5 aromatic rings. The van der Waals surface area contributed by atoms with E-state index in [-0.39, 0.29) is 60.1 Å². The predicted molar refractivity (Wildman–Crippen MR) is 217 cm³/mol. The molecule has 19 heteroatoms. The summed E-state index contributed by atoms with van der Waals surface area (Å²) in [6.45, 7) is 5.67. The molecule has 3 atom stereocenters. The van der Waals surface area contributed by atoms with Crippen LogP contribution in [0.25, 0.3) is 16.6 Å². The number of ether oxygens (including phenoxy) is 1. The number of nitrogens with zero attached hydrogens (tertiary/aromatic N) is 8. The fourth-order valence-electron chi connectivity index (χ4n) is 9.82. The maximum atomic E-state index is 14.3. The van der Waals surface area contributed by atoms with E-state index in [0.29, 0.717) is 41.4 Å². The highest BCUT2D eigenvalue weighted by Gasteiger charge is 2.40. The molecule has 4 amide bonds. The number of fused-ring (bicyclic) bond motifs is 4. The lowest BCUT2D eigenvalue weighted by Crippen LogP contribution is -2.49. The number of piperidine rings is 1. The Morgan fingerprint density at radius 3 is 2.54 bits per heavy atom. The van der Waals surface area contributed by atoms with E-state index in [0.717, 1.165) is 82.6 Å². The minimum Gasteiger partial charge on any atom is -0.462 e. The number of imide groups is 1. The molecule has 4 saturated heterocycles. The summed E-state index contributed by atoms with van der Waals surface area (Å²) in [4.78, 5) is 62.3. The lowest BCUT2D eigenvalue weighted by atomic mass is 9.85. The molecular formula is C42H47F2N11O6. The highest BCUT2D eigenvalue weighted by Crippen LogP contribution is 2.38. The van der Waals surface area contributed by atoms with Crippen LogP contribution in [-0.4, -0.2) is 122 Å². The van der Waals surface area contributed by atoms with Crippen LogP contribution in [0.5, 0.6) is 0 Å². The predicted octanol–water partition coefficient (Wildman–Crippen LogP) is 4.35. The van der Waals surface area contributed by atoms with Crippen LogP contribution in [0.2, 0.25) is 0 Å². The summed E-state index contributed by atoms with van der Waals surface area (Å²) in [5, 5.41) is 17.4. The number of anilines is 3. The van der Waals surface area contributed by atoms with Crippen molar-refractivity contribution in [2.45, 2.75) is 75.5 Å². The minimum atomic E-state index is -2.87. The smallest absolute Gasteiger partial charge is 0.284 e. The molecule has 3 N–H and O–H groups in total. The van der Waals surface area contributed by atoms with Gasteiger partial charge in [0, 0.05) is 69.0 Å². The maximum absolute atomic E-state index is 14.3. The summed E-state index contributed by atoms with van der Waals surface area (Å²) in [7, 11) is 0. The van der Waals surface area contributed by atoms with Gasteiger partial charge in [0.15, 0.2) is 16.9 Å². The Labute approximate surface area is 348 Å². The van der Waals surface area contributed by atoms with Crippen LogP contribution in [0.4, 0.5) is 26.0 Å². The van der Waals surface area contributed by atoms with Crippen molar-refractivity contribution in [2.75, 3.05) is 68.0 Å². The Bertz CT molecular complexity index is 2490. The zero-order valence-electron chi connectivity index (χ0n) is 33.5. The number of alkyl halides is 2. The summed E-state index contributed by atoms with van der Waals surface area (Å²) in [5.41, 5.74) is 1.78. The Morgan fingerprint density at radius 1 is 0.967 bits per heavy atom. The van der Waals surface area contributed by atoms with Crippen LogP contribution in [0.1, 0.15) is 84.9 Å². The van der Waals surface area contributed by atoms with E-state index in [9.17, 15) is 28.0 Å². The van der Waals surface area contributed by atoms with Gasteiger partial charge in [0.25, 0.3) is 12.3 Å². The quantitative estimate of drug-likeness (QED) is 0.160. The van der Waals surface area contributed by atoms with Crippen LogP contribution < -0.4 is 20.9 Å². The fraction of sp³-hybridized carbons (Fsp3) is 0.500. The second-order valence-corrected chi connectivity index (χ2v) is 16.9. The Hall–Kier alpha value is -5.79. The molecule has 61 heavy (non-hydrogen) atoms. The van der Waals surface area contributed by atoms with Gasteiger partial charge in [0.05, 0.1) is 61.1 Å². The number of carbonyl (C=O) groups is 4. The SMILES string of the molecule is O=C1CCC(c2coc3c(NC(=O)CN4CCN(CC5CCC(n6cc(NC(=O)c7cnn8ccc(N9C[C@H]%10C[C@@H]9CO%10)nc78)c(C(F)F)n6)CC5)CC4)cccc23)C(=O)N1. The number of amides is 4. The number of rotatable bonds is 11. The van der Waals surface area contributed by atoms with Gasteiger partial charge < -0.3 is 29.6 Å². The summed E-state index contributed by atoms with van der Waals surface area (Å²) in [6.07, 6.45) is 8.54. The number of morpholine rings is 1. The fourth-order valence-corrected chi connectivity index (χ4v) is 9.82. The highest BCUT2D eigenvalue weighted by molar-refractivity contribution is 6.08. The third kappa shape index (κ3) is 7.85. The molecule has 2 bridgehead atoms. The molecular weight excluding hydrogens is 793 g/mol. The van der Waals surface area contributed by atoms with Crippen molar-refractivity contribution < 1.29 is 37.1 Å². The Kier molecular flexibility index (Phi) is 10.5. The zero-order valence-corrected chi connectivity index (χ0v) is 33.5. The van der Waals surface area contributed by atoms with Crippen molar-refractivity contribution in [1.82, 2.24) is 39.5 Å². The van der Waals surface area contributed by atoms with Crippen molar-refractivity contribution >= 4 is 57.4 Å². The molecule has 1 aromatic carbocycles. The number of furan rings is 1. The molecule has 5 aliphatic rings. The molecule has 1 saturated carbocycles. The van der Waals surface area contributed by atoms with Crippen LogP contribution in [-0.2, 0) is 19.1 Å². The van der Waals surface area contributed by atoms with E-state index in [1.807, 2.05) is 18.2 Å². The molecule has 0 radical (unpaired) electrons. The highest BCUT2D eigenvalue weighted by atomic mass is 19.3. The second-order valence-electron chi connectivity index (χ2n) is 16.9. The molecule has 4 aliphatic heterocycles. The number of para-hydroxylation sites is 1. The Balaban J connectivity index is 0.699. The number of carbonyl (C=O) groups excluding carboxylic acids is 4. The third-order valence-electron chi connectivity index (χ3n) is 13.1. The number of hydrogen-bond donors (Lipinski definition) is 3. The largest absolute Gasteiger partial charge is 0.462 e. The first kappa shape index (κ1) is 39.4. The van der Waals surface area contributed by atoms with Gasteiger partial charge in [-0.25, -0.2) is 18.3 Å². The average Bonchev–Trinajstić information content (AvgIpc) is 4.11. The van der Waals surface area contributed by atoms with Crippen molar-refractivity contribution in [3.63, 3.8) is 0 Å². The lowest BCUT2D eigenvalue weighted by Gasteiger charge is -2.38. The number of benzene rings is 1. The summed E-state index contributed by atoms with van der Waals surface area (Å²) in [6, 6.07) is 7.47. The Morgan fingerprint density at radius 2 is 1.79 bits per heavy atom. The van der Waals surface area contributed by atoms with Gasteiger partial charge in [-0.2, -0.15) is 10.2 Å². The number of halogens is 2. The van der Waals surface area contributed by atoms with Crippen LogP contribution in [0.15, 0.2) is 53.5 Å². The second kappa shape index (κ2) is 16.2. The van der Waals surface area contributed by atoms with E-state index >= 15 is 0 Å². The van der Waals surface area contributed by atoms with E-state index in [4.69, 9.17) is 14.1 Å². The number of hydrogen-bond acceptors (Lipinski definition) is 12. The van der Waals surface area contributed by atoms with E-state index < -0.39 is 23.9 Å². The van der Waals surface area contributed by atoms with Gasteiger partial charge in [0.2, 0.25) is 17.7 Å². The number of nitrogens with one attached hydrogen (secondary N) is 3. The van der Waals surface area contributed by atoms with Gasteiger partial charge in [-0.3, -0.25) is 34.1 Å². The standard InChI is InChI=1S/C42H47F2N11O6/c43-39(44)37-33(47-42(59)30-17-45-54-11-10-34(48-40(30)54)53-19-27-16-26(53)22-60-27)20-55(50-37)25-6-4-24(5-7-25)18-51-12-14-52(15-13-51)21-36(57)46-32-3-1-2-28-31(23-61-38(28)32)29-8-9-35(56)49-41(29)58/h1-3,10-11,17,20,23-27,29,39H,4-9,12-16,18-19,21-22H2,(H,46,57)(H,47,59)(H,49,56,58)/t24?,25?,26-,27-,29?/m1/s1. The topological polar surface area (TPSA) is 184 Å². The van der Waals surface area contributed by atoms with E-state index in [2.05, 4.69) is 40.8 Å². The van der Waals surface area contributed by atoms with Crippen LogP contribution >= 0.6 is 0 Å². The van der Waals surface area contributed by atoms with Crippen molar-refractivity contribution in [1.29, 1.82) is 0 Å². The van der Waals surface area contributed by atoms with Gasteiger partial charge in [-0.05, 0) is 56.6 Å². The molecule has 1 unspecified atom stereocenters. The third-order valence-corrected chi connectivity index (χ3v) is 13.1. The maximum Gasteiger partial charge on any atom is 0.284 e. The normalized spacial score (nSPS) is 24.9. The number of aromatic nitrogens is 5. The lowest BCUT2D eigenvalue weighted by molar-refractivity contribution is -0.134. The molecule has 0 spiro atoms. The summed E-state index contributed by atoms with van der Waals surface area (Å²) >= 11 is 0. The van der Waals surface area contributed by atoms with Gasteiger partial charge in [-0.15, -0.1) is 0 Å². The molecule has 1 aliphatic carbocycles. The van der Waals surface area contributed by atoms with Gasteiger partial charge in [-0.1, -0.05) is 12.1 Å². The minimum absolute atomic E-state index is 0.0184.